The number of aryl methyl sites for hydroxylation is 1. The first kappa shape index (κ1) is 14.0. The van der Waals surface area contributed by atoms with Crippen LogP contribution in [0, 0.1) is 12.3 Å². The second-order valence-electron chi connectivity index (χ2n) is 4.47. The van der Waals surface area contributed by atoms with Gasteiger partial charge in [0.05, 0.1) is 7.11 Å². The van der Waals surface area contributed by atoms with Crippen LogP contribution < -0.4 is 9.47 Å². The number of methoxy groups -OCH3 is 1. The molecule has 0 aliphatic rings. The second-order valence-corrected chi connectivity index (χ2v) is 4.47. The third-order valence-electron chi connectivity index (χ3n) is 3.06. The van der Waals surface area contributed by atoms with Gasteiger partial charge >= 0.3 is 0 Å². The van der Waals surface area contributed by atoms with E-state index in [0.29, 0.717) is 0 Å². The van der Waals surface area contributed by atoms with Gasteiger partial charge in [0.1, 0.15) is 11.5 Å². The molecule has 0 fully saturated rings. The van der Waals surface area contributed by atoms with Gasteiger partial charge in [-0.2, -0.15) is 0 Å². The third kappa shape index (κ3) is 4.07. The Balaban J connectivity index is 1.90. The average molecular weight is 266 g/mol. The summed E-state index contributed by atoms with van der Waals surface area (Å²) in [5.41, 5.74) is 1.27. The van der Waals surface area contributed by atoms with E-state index in [-0.39, 0.29) is 6.10 Å². The molecule has 0 unspecified atom stereocenters. The molecule has 0 N–H and O–H groups in total. The fourth-order valence-corrected chi connectivity index (χ4v) is 1.94. The summed E-state index contributed by atoms with van der Waals surface area (Å²) in [5, 5.41) is 0. The highest BCUT2D eigenvalue weighted by molar-refractivity contribution is 5.31. The maximum absolute atomic E-state index is 5.79. The van der Waals surface area contributed by atoms with Gasteiger partial charge in [-0.1, -0.05) is 36.3 Å². The molecule has 0 spiro atoms. The van der Waals surface area contributed by atoms with Gasteiger partial charge < -0.3 is 9.47 Å². The van der Waals surface area contributed by atoms with Crippen molar-refractivity contribution in [2.75, 3.05) is 7.11 Å². The molecule has 2 heteroatoms. The molecular formula is C18H18O2. The molecule has 102 valence electrons. The Hall–Kier alpha value is -2.40. The van der Waals surface area contributed by atoms with Crippen LogP contribution in [0.25, 0.3) is 0 Å². The van der Waals surface area contributed by atoms with Gasteiger partial charge in [-0.15, -0.1) is 6.42 Å². The summed E-state index contributed by atoms with van der Waals surface area (Å²) in [7, 11) is 1.64. The Morgan fingerprint density at radius 2 is 1.65 bits per heavy atom. The quantitative estimate of drug-likeness (QED) is 0.742. The molecule has 2 aromatic carbocycles. The average Bonchev–Trinajstić information content (AvgIpc) is 2.53. The highest BCUT2D eigenvalue weighted by atomic mass is 16.5. The van der Waals surface area contributed by atoms with E-state index in [4.69, 9.17) is 15.9 Å². The van der Waals surface area contributed by atoms with Crippen LogP contribution in [0.15, 0.2) is 54.6 Å². The normalized spacial score (nSPS) is 11.4. The van der Waals surface area contributed by atoms with Crippen molar-refractivity contribution in [3.8, 4) is 23.8 Å². The van der Waals surface area contributed by atoms with Gasteiger partial charge in [0, 0.05) is 0 Å². The Bertz CT molecular complexity index is 552. The van der Waals surface area contributed by atoms with E-state index in [1.807, 2.05) is 42.5 Å². The fraction of sp³-hybridized carbons (Fsp3) is 0.222. The standard InChI is InChI=1S/C18H18O2/c1-3-16(10-9-15-7-5-4-6-8-15)20-18-13-11-17(19-2)12-14-18/h1,4-8,11-14,16H,9-10H2,2H3/t16-/m1/s1. The molecule has 0 saturated carbocycles. The smallest absolute Gasteiger partial charge is 0.159 e. The van der Waals surface area contributed by atoms with E-state index in [1.54, 1.807) is 7.11 Å². The van der Waals surface area contributed by atoms with Gasteiger partial charge in [0.25, 0.3) is 0 Å². The molecule has 2 nitrogen and oxygen atoms in total. The largest absolute Gasteiger partial charge is 0.497 e. The Kier molecular flexibility index (Phi) is 5.08. The van der Waals surface area contributed by atoms with Crippen LogP contribution in [0.4, 0.5) is 0 Å². The number of rotatable bonds is 6. The molecule has 0 heterocycles. The minimum atomic E-state index is -0.219. The molecule has 20 heavy (non-hydrogen) atoms. The summed E-state index contributed by atoms with van der Waals surface area (Å²) in [5.74, 6) is 4.27. The Morgan fingerprint density at radius 1 is 1.00 bits per heavy atom. The highest BCUT2D eigenvalue weighted by Crippen LogP contribution is 2.19. The summed E-state index contributed by atoms with van der Waals surface area (Å²) in [6.07, 6.45) is 7.03. The maximum atomic E-state index is 5.79. The molecule has 0 saturated heterocycles. The summed E-state index contributed by atoms with van der Waals surface area (Å²) >= 11 is 0. The molecule has 0 bridgehead atoms. The lowest BCUT2D eigenvalue weighted by atomic mass is 10.1. The lowest BCUT2D eigenvalue weighted by Gasteiger charge is -2.14. The lowest BCUT2D eigenvalue weighted by molar-refractivity contribution is 0.248. The number of ether oxygens (including phenoxy) is 2. The monoisotopic (exact) mass is 266 g/mol. The molecule has 1 atom stereocenters. The maximum Gasteiger partial charge on any atom is 0.159 e. The van der Waals surface area contributed by atoms with E-state index in [1.165, 1.54) is 5.56 Å². The zero-order valence-corrected chi connectivity index (χ0v) is 11.6. The first-order valence-corrected chi connectivity index (χ1v) is 6.62. The van der Waals surface area contributed by atoms with Crippen molar-refractivity contribution in [3.05, 3.63) is 60.2 Å². The van der Waals surface area contributed by atoms with Gasteiger partial charge in [-0.3, -0.25) is 0 Å². The predicted octanol–water partition coefficient (Wildman–Crippen LogP) is 3.71. The van der Waals surface area contributed by atoms with Crippen LogP contribution in [0.3, 0.4) is 0 Å². The molecule has 0 amide bonds. The molecule has 0 radical (unpaired) electrons. The topological polar surface area (TPSA) is 18.5 Å². The predicted molar refractivity (Wildman–Crippen MR) is 81.0 cm³/mol. The van der Waals surface area contributed by atoms with Gasteiger partial charge in [0.15, 0.2) is 6.10 Å². The van der Waals surface area contributed by atoms with Crippen molar-refractivity contribution in [2.45, 2.75) is 18.9 Å². The summed E-state index contributed by atoms with van der Waals surface area (Å²) in [6, 6.07) is 17.7. The summed E-state index contributed by atoms with van der Waals surface area (Å²) < 4.78 is 10.9. The van der Waals surface area contributed by atoms with Crippen molar-refractivity contribution in [1.82, 2.24) is 0 Å². The summed E-state index contributed by atoms with van der Waals surface area (Å²) in [4.78, 5) is 0. The van der Waals surface area contributed by atoms with Crippen LogP contribution in [0.5, 0.6) is 11.5 Å². The van der Waals surface area contributed by atoms with Crippen LogP contribution in [-0.4, -0.2) is 13.2 Å². The lowest BCUT2D eigenvalue weighted by Crippen LogP contribution is -2.15. The molecular weight excluding hydrogens is 248 g/mol. The van der Waals surface area contributed by atoms with E-state index in [0.717, 1.165) is 24.3 Å². The first-order chi connectivity index (χ1) is 9.81. The molecule has 0 aromatic heterocycles. The van der Waals surface area contributed by atoms with Crippen molar-refractivity contribution in [2.24, 2.45) is 0 Å². The van der Waals surface area contributed by atoms with E-state index < -0.39 is 0 Å². The van der Waals surface area contributed by atoms with Gasteiger partial charge in [-0.05, 0) is 42.7 Å². The van der Waals surface area contributed by atoms with Crippen LogP contribution in [-0.2, 0) is 6.42 Å². The number of hydrogen-bond donors (Lipinski definition) is 0. The second kappa shape index (κ2) is 7.25. The van der Waals surface area contributed by atoms with Crippen LogP contribution >= 0.6 is 0 Å². The van der Waals surface area contributed by atoms with Gasteiger partial charge in [0.2, 0.25) is 0 Å². The zero-order chi connectivity index (χ0) is 14.2. The number of hydrogen-bond acceptors (Lipinski definition) is 2. The Morgan fingerprint density at radius 3 is 2.25 bits per heavy atom. The van der Waals surface area contributed by atoms with Crippen molar-refractivity contribution >= 4 is 0 Å². The van der Waals surface area contributed by atoms with Crippen molar-refractivity contribution in [1.29, 1.82) is 0 Å². The third-order valence-corrected chi connectivity index (χ3v) is 3.06. The minimum absolute atomic E-state index is 0.219. The molecule has 0 aliphatic carbocycles. The van der Waals surface area contributed by atoms with E-state index in [9.17, 15) is 0 Å². The molecule has 2 aromatic rings. The van der Waals surface area contributed by atoms with Gasteiger partial charge in [-0.25, -0.2) is 0 Å². The van der Waals surface area contributed by atoms with Crippen LogP contribution in [0.2, 0.25) is 0 Å². The summed E-state index contributed by atoms with van der Waals surface area (Å²) in [6.45, 7) is 0. The minimum Gasteiger partial charge on any atom is -0.497 e. The highest BCUT2D eigenvalue weighted by Gasteiger charge is 2.07. The molecule has 0 aliphatic heterocycles. The first-order valence-electron chi connectivity index (χ1n) is 6.62. The fourth-order valence-electron chi connectivity index (χ4n) is 1.94. The van der Waals surface area contributed by atoms with E-state index >= 15 is 0 Å². The van der Waals surface area contributed by atoms with E-state index in [2.05, 4.69) is 18.1 Å². The Labute approximate surface area is 120 Å². The van der Waals surface area contributed by atoms with Crippen LogP contribution in [0.1, 0.15) is 12.0 Å². The van der Waals surface area contributed by atoms with Crippen molar-refractivity contribution < 1.29 is 9.47 Å². The van der Waals surface area contributed by atoms with Crippen molar-refractivity contribution in [3.63, 3.8) is 0 Å². The molecule has 2 rings (SSSR count). The number of benzene rings is 2. The number of terminal acetylenes is 1. The zero-order valence-electron chi connectivity index (χ0n) is 11.6. The SMILES string of the molecule is C#C[C@H](CCc1ccccc1)Oc1ccc(OC)cc1.